The maximum atomic E-state index is 6.58. The molecule has 34 heavy (non-hydrogen) atoms. The van der Waals surface area contributed by atoms with Crippen LogP contribution in [0.4, 0.5) is 0 Å². The number of hydrogen-bond donors (Lipinski definition) is 0. The first-order valence-corrected chi connectivity index (χ1v) is 10.9. The van der Waals surface area contributed by atoms with Crippen molar-refractivity contribution in [3.8, 4) is 23.0 Å². The van der Waals surface area contributed by atoms with E-state index in [1.807, 2.05) is 42.5 Å². The maximum Gasteiger partial charge on any atom is 0.157 e. The van der Waals surface area contributed by atoms with Gasteiger partial charge in [-0.15, -0.1) is 0 Å². The molecule has 2 aliphatic rings. The molecule has 0 bridgehead atoms. The number of allylic oxidation sites excluding steroid dienone is 3. The van der Waals surface area contributed by atoms with Gasteiger partial charge in [0.15, 0.2) is 17.6 Å². The summed E-state index contributed by atoms with van der Waals surface area (Å²) in [6, 6.07) is 9.57. The van der Waals surface area contributed by atoms with Crippen LogP contribution in [0.25, 0.3) is 5.76 Å². The zero-order valence-electron chi connectivity index (χ0n) is 20.3. The van der Waals surface area contributed by atoms with Crippen molar-refractivity contribution in [3.63, 3.8) is 0 Å². The molecule has 0 amide bonds. The molecule has 1 heterocycles. The maximum absolute atomic E-state index is 6.58. The second-order valence-electron chi connectivity index (χ2n) is 7.87. The van der Waals surface area contributed by atoms with E-state index in [1.165, 1.54) is 0 Å². The number of hydrogen-bond acceptors (Lipinski definition) is 7. The summed E-state index contributed by atoms with van der Waals surface area (Å²) >= 11 is 0. The van der Waals surface area contributed by atoms with Gasteiger partial charge in [-0.2, -0.15) is 0 Å². The minimum absolute atomic E-state index is 0.0625. The Bertz CT molecular complexity index is 1120. The van der Waals surface area contributed by atoms with Crippen molar-refractivity contribution in [1.82, 2.24) is 0 Å². The van der Waals surface area contributed by atoms with Gasteiger partial charge in [-0.25, -0.2) is 0 Å². The van der Waals surface area contributed by atoms with Gasteiger partial charge in [0.2, 0.25) is 0 Å². The van der Waals surface area contributed by atoms with Gasteiger partial charge in [-0.05, 0) is 42.8 Å². The Morgan fingerprint density at radius 2 is 1.38 bits per heavy atom. The van der Waals surface area contributed by atoms with Crippen molar-refractivity contribution < 1.29 is 33.2 Å². The van der Waals surface area contributed by atoms with E-state index >= 15 is 0 Å². The largest absolute Gasteiger partial charge is 0.497 e. The fourth-order valence-electron chi connectivity index (χ4n) is 4.31. The standard InChI is InChI=1S/C27H30O7/c1-28-18-11-17(12-19(13-18)29-2)27-26-21(14-20(30-3)15-25(26)33-6)23(34-27)9-16-7-8-22(31-4)24(10-16)32-5/h8-16,27H,7H2,1-6H3. The fourth-order valence-corrected chi connectivity index (χ4v) is 4.31. The Hall–Kier alpha value is -3.74. The Kier molecular flexibility index (Phi) is 6.91. The van der Waals surface area contributed by atoms with Crippen LogP contribution < -0.4 is 18.9 Å². The lowest BCUT2D eigenvalue weighted by Crippen LogP contribution is -2.06. The first-order chi connectivity index (χ1) is 16.5. The quantitative estimate of drug-likeness (QED) is 0.526. The summed E-state index contributed by atoms with van der Waals surface area (Å²) in [7, 11) is 9.81. The van der Waals surface area contributed by atoms with Crippen LogP contribution in [0, 0.1) is 5.92 Å². The van der Waals surface area contributed by atoms with Gasteiger partial charge in [0.05, 0.1) is 48.2 Å². The number of ether oxygens (including phenoxy) is 7. The first-order valence-electron chi connectivity index (χ1n) is 10.9. The summed E-state index contributed by atoms with van der Waals surface area (Å²) in [5.41, 5.74) is 2.73. The molecular weight excluding hydrogens is 436 g/mol. The van der Waals surface area contributed by atoms with Gasteiger partial charge in [0.25, 0.3) is 0 Å². The molecule has 1 aliphatic heterocycles. The van der Waals surface area contributed by atoms with Crippen LogP contribution in [0.3, 0.4) is 0 Å². The highest BCUT2D eigenvalue weighted by Crippen LogP contribution is 2.50. The van der Waals surface area contributed by atoms with Crippen LogP contribution in [0.5, 0.6) is 23.0 Å². The Morgan fingerprint density at radius 1 is 0.735 bits per heavy atom. The van der Waals surface area contributed by atoms with E-state index in [2.05, 4.69) is 6.08 Å². The molecule has 4 rings (SSSR count). The second-order valence-corrected chi connectivity index (χ2v) is 7.87. The molecule has 0 saturated carbocycles. The molecular formula is C27H30O7. The van der Waals surface area contributed by atoms with E-state index in [4.69, 9.17) is 33.2 Å². The van der Waals surface area contributed by atoms with Gasteiger partial charge < -0.3 is 33.2 Å². The monoisotopic (exact) mass is 466 g/mol. The van der Waals surface area contributed by atoms with Crippen LogP contribution in [0.1, 0.15) is 29.2 Å². The predicted molar refractivity (Wildman–Crippen MR) is 128 cm³/mol. The van der Waals surface area contributed by atoms with E-state index in [9.17, 15) is 0 Å². The van der Waals surface area contributed by atoms with E-state index in [1.54, 1.807) is 42.7 Å². The molecule has 1 aliphatic carbocycles. The minimum Gasteiger partial charge on any atom is -0.497 e. The molecule has 7 nitrogen and oxygen atoms in total. The van der Waals surface area contributed by atoms with Gasteiger partial charge in [0, 0.05) is 29.2 Å². The smallest absolute Gasteiger partial charge is 0.157 e. The molecule has 2 unspecified atom stereocenters. The van der Waals surface area contributed by atoms with E-state index in [0.29, 0.717) is 28.8 Å². The Balaban J connectivity index is 1.83. The zero-order valence-corrected chi connectivity index (χ0v) is 20.3. The molecule has 7 heteroatoms. The lowest BCUT2D eigenvalue weighted by molar-refractivity contribution is 0.212. The van der Waals surface area contributed by atoms with E-state index in [-0.39, 0.29) is 5.92 Å². The minimum atomic E-state index is -0.411. The molecule has 2 atom stereocenters. The van der Waals surface area contributed by atoms with E-state index in [0.717, 1.165) is 34.6 Å². The van der Waals surface area contributed by atoms with Gasteiger partial charge >= 0.3 is 0 Å². The molecule has 0 spiro atoms. The van der Waals surface area contributed by atoms with Crippen molar-refractivity contribution in [2.45, 2.75) is 12.5 Å². The van der Waals surface area contributed by atoms with Crippen molar-refractivity contribution in [2.75, 3.05) is 42.7 Å². The second kappa shape index (κ2) is 10.0. The summed E-state index contributed by atoms with van der Waals surface area (Å²) < 4.78 is 39.8. The highest BCUT2D eigenvalue weighted by Gasteiger charge is 2.35. The van der Waals surface area contributed by atoms with Crippen molar-refractivity contribution >= 4 is 5.76 Å². The molecule has 0 radical (unpaired) electrons. The molecule has 0 fully saturated rings. The number of rotatable bonds is 8. The van der Waals surface area contributed by atoms with Crippen LogP contribution in [-0.4, -0.2) is 42.7 Å². The molecule has 2 aromatic rings. The fraction of sp³-hybridized carbons (Fsp3) is 0.333. The van der Waals surface area contributed by atoms with Crippen molar-refractivity contribution in [2.24, 2.45) is 5.92 Å². The number of methoxy groups -OCH3 is 6. The Morgan fingerprint density at radius 3 is 1.97 bits per heavy atom. The summed E-state index contributed by atoms with van der Waals surface area (Å²) in [5.74, 6) is 4.97. The molecule has 180 valence electrons. The third-order valence-electron chi connectivity index (χ3n) is 6.01. The summed E-state index contributed by atoms with van der Waals surface area (Å²) in [6.45, 7) is 0. The van der Waals surface area contributed by atoms with Crippen LogP contribution in [0.15, 0.2) is 60.1 Å². The molecule has 2 aromatic carbocycles. The summed E-state index contributed by atoms with van der Waals surface area (Å²) in [5, 5.41) is 0. The van der Waals surface area contributed by atoms with Crippen molar-refractivity contribution in [1.29, 1.82) is 0 Å². The molecule has 0 aromatic heterocycles. The summed E-state index contributed by atoms with van der Waals surface area (Å²) in [6.07, 6.45) is 6.50. The van der Waals surface area contributed by atoms with Crippen LogP contribution in [0.2, 0.25) is 0 Å². The SMILES string of the molecule is COC1=CCC(C=C2OC(c3cc(OC)cc(OC)c3)c3c(OC)cc(OC)cc32)C=C1OC. The predicted octanol–water partition coefficient (Wildman–Crippen LogP) is 5.26. The zero-order chi connectivity index (χ0) is 24.2. The first kappa shape index (κ1) is 23.4. The molecule has 0 saturated heterocycles. The van der Waals surface area contributed by atoms with Gasteiger partial charge in [-0.1, -0.05) is 0 Å². The highest BCUT2D eigenvalue weighted by atomic mass is 16.5. The highest BCUT2D eigenvalue weighted by molar-refractivity contribution is 5.74. The average molecular weight is 467 g/mol. The van der Waals surface area contributed by atoms with Crippen molar-refractivity contribution in [3.05, 3.63) is 76.8 Å². The number of benzene rings is 2. The lowest BCUT2D eigenvalue weighted by Gasteiger charge is -2.19. The van der Waals surface area contributed by atoms with Gasteiger partial charge in [-0.3, -0.25) is 0 Å². The van der Waals surface area contributed by atoms with E-state index < -0.39 is 6.10 Å². The third-order valence-corrected chi connectivity index (χ3v) is 6.01. The normalized spacial score (nSPS) is 20.0. The van der Waals surface area contributed by atoms with Crippen LogP contribution in [-0.2, 0) is 14.2 Å². The number of fused-ring (bicyclic) bond motifs is 1. The van der Waals surface area contributed by atoms with Crippen LogP contribution >= 0.6 is 0 Å². The summed E-state index contributed by atoms with van der Waals surface area (Å²) in [4.78, 5) is 0. The van der Waals surface area contributed by atoms with Gasteiger partial charge in [0.1, 0.15) is 28.8 Å². The Labute approximate surface area is 200 Å². The third kappa shape index (κ3) is 4.38. The lowest BCUT2D eigenvalue weighted by atomic mass is 9.94. The average Bonchev–Trinajstić information content (AvgIpc) is 3.25. The topological polar surface area (TPSA) is 64.6 Å². The molecule has 0 N–H and O–H groups in total.